The molecule has 1 aliphatic rings. The molecule has 3 nitrogen and oxygen atoms in total. The van der Waals surface area contributed by atoms with Crippen molar-refractivity contribution in [2.75, 3.05) is 7.11 Å². The lowest BCUT2D eigenvalue weighted by molar-refractivity contribution is -0.339. The quantitative estimate of drug-likeness (QED) is 0.550. The van der Waals surface area contributed by atoms with Crippen molar-refractivity contribution in [1.82, 2.24) is 0 Å². The topological polar surface area (TPSA) is 27.7 Å². The number of rotatable bonds is 2. The zero-order valence-corrected chi connectivity index (χ0v) is 8.84. The highest BCUT2D eigenvalue weighted by Gasteiger charge is 2.15. The lowest BCUT2D eigenvalue weighted by Crippen LogP contribution is -2.14. The van der Waals surface area contributed by atoms with Gasteiger partial charge in [-0.15, -0.1) is 0 Å². The molecule has 0 saturated carbocycles. The summed E-state index contributed by atoms with van der Waals surface area (Å²) in [6.07, 6.45) is 3.89. The van der Waals surface area contributed by atoms with Crippen molar-refractivity contribution in [3.05, 3.63) is 42.0 Å². The van der Waals surface area contributed by atoms with E-state index < -0.39 is 0 Å². The van der Waals surface area contributed by atoms with Crippen molar-refractivity contribution < 1.29 is 14.5 Å². The molecular weight excluding hydrogens is 192 g/mol. The van der Waals surface area contributed by atoms with Gasteiger partial charge in [0.1, 0.15) is 18.0 Å². The molecule has 3 heteroatoms. The van der Waals surface area contributed by atoms with Crippen molar-refractivity contribution in [1.29, 1.82) is 0 Å². The van der Waals surface area contributed by atoms with Crippen LogP contribution in [0.25, 0.3) is 0 Å². The molecule has 0 aromatic heterocycles. The van der Waals surface area contributed by atoms with E-state index in [0.717, 1.165) is 11.3 Å². The molecule has 2 atom stereocenters. The summed E-state index contributed by atoms with van der Waals surface area (Å²) in [4.78, 5) is 10.3. The molecule has 1 heterocycles. The molecule has 0 unspecified atom stereocenters. The molecule has 2 rings (SSSR count). The third kappa shape index (κ3) is 2.37. The van der Waals surface area contributed by atoms with Crippen LogP contribution >= 0.6 is 0 Å². The van der Waals surface area contributed by atoms with E-state index in [1.807, 2.05) is 43.3 Å². The zero-order chi connectivity index (χ0) is 10.7. The number of hydrogen-bond donors (Lipinski definition) is 0. The molecule has 0 fully saturated rings. The summed E-state index contributed by atoms with van der Waals surface area (Å²) in [5, 5.41) is 0. The predicted octanol–water partition coefficient (Wildman–Crippen LogP) is 2.64. The van der Waals surface area contributed by atoms with Crippen molar-refractivity contribution in [3.63, 3.8) is 0 Å². The summed E-state index contributed by atoms with van der Waals surface area (Å²) in [6.45, 7) is 1.93. The third-order valence-electron chi connectivity index (χ3n) is 2.31. The molecule has 0 saturated heterocycles. The van der Waals surface area contributed by atoms with E-state index >= 15 is 0 Å². The van der Waals surface area contributed by atoms with Gasteiger partial charge in [-0.2, -0.15) is 0 Å². The summed E-state index contributed by atoms with van der Waals surface area (Å²) in [5.74, 6) is 0.841. The zero-order valence-electron chi connectivity index (χ0n) is 8.84. The van der Waals surface area contributed by atoms with E-state index in [9.17, 15) is 0 Å². The van der Waals surface area contributed by atoms with Crippen LogP contribution in [0.15, 0.2) is 36.4 Å². The third-order valence-corrected chi connectivity index (χ3v) is 2.31. The maximum Gasteiger partial charge on any atom is 0.136 e. The Bertz CT molecular complexity index is 342. The van der Waals surface area contributed by atoms with Gasteiger partial charge < -0.3 is 4.74 Å². The van der Waals surface area contributed by atoms with Gasteiger partial charge in [-0.3, -0.25) is 0 Å². The molecule has 1 aromatic rings. The summed E-state index contributed by atoms with van der Waals surface area (Å²) in [5.41, 5.74) is 1.05. The second kappa shape index (κ2) is 4.47. The van der Waals surface area contributed by atoms with E-state index in [0.29, 0.717) is 0 Å². The van der Waals surface area contributed by atoms with E-state index in [1.54, 1.807) is 7.11 Å². The molecular formula is C12H14O3. The Labute approximate surface area is 89.2 Å². The number of benzene rings is 1. The molecule has 0 bridgehead atoms. The van der Waals surface area contributed by atoms with Gasteiger partial charge in [0.2, 0.25) is 0 Å². The van der Waals surface area contributed by atoms with Crippen LogP contribution in [0.5, 0.6) is 5.75 Å². The molecule has 15 heavy (non-hydrogen) atoms. The van der Waals surface area contributed by atoms with Crippen LogP contribution in [0, 0.1) is 0 Å². The molecule has 80 valence electrons. The maximum atomic E-state index is 5.22. The summed E-state index contributed by atoms with van der Waals surface area (Å²) < 4.78 is 5.08. The van der Waals surface area contributed by atoms with Gasteiger partial charge in [-0.05, 0) is 30.7 Å². The maximum absolute atomic E-state index is 5.22. The second-order valence-corrected chi connectivity index (χ2v) is 3.48. The molecule has 0 aliphatic carbocycles. The van der Waals surface area contributed by atoms with Gasteiger partial charge in [0.25, 0.3) is 0 Å². The van der Waals surface area contributed by atoms with Crippen molar-refractivity contribution >= 4 is 0 Å². The van der Waals surface area contributed by atoms with E-state index in [1.165, 1.54) is 0 Å². The molecule has 0 N–H and O–H groups in total. The Morgan fingerprint density at radius 1 is 1.07 bits per heavy atom. The summed E-state index contributed by atoms with van der Waals surface area (Å²) >= 11 is 0. The first-order valence-corrected chi connectivity index (χ1v) is 4.94. The largest absolute Gasteiger partial charge is 0.497 e. The van der Waals surface area contributed by atoms with Crippen LogP contribution in [0.4, 0.5) is 0 Å². The average molecular weight is 206 g/mol. The van der Waals surface area contributed by atoms with Crippen LogP contribution in [0.2, 0.25) is 0 Å². The van der Waals surface area contributed by atoms with Gasteiger partial charge in [0.05, 0.1) is 7.11 Å². The monoisotopic (exact) mass is 206 g/mol. The van der Waals surface area contributed by atoms with Gasteiger partial charge in [0.15, 0.2) is 0 Å². The lowest BCUT2D eigenvalue weighted by atomic mass is 10.1. The summed E-state index contributed by atoms with van der Waals surface area (Å²) in [7, 11) is 1.65. The first kappa shape index (κ1) is 10.2. The Balaban J connectivity index is 2.12. The number of methoxy groups -OCH3 is 1. The Hall–Kier alpha value is -1.32. The van der Waals surface area contributed by atoms with Crippen LogP contribution in [0.3, 0.4) is 0 Å². The molecule has 1 aromatic carbocycles. The van der Waals surface area contributed by atoms with E-state index in [2.05, 4.69) is 0 Å². The van der Waals surface area contributed by atoms with Gasteiger partial charge >= 0.3 is 0 Å². The highest BCUT2D eigenvalue weighted by atomic mass is 17.2. The number of hydrogen-bond acceptors (Lipinski definition) is 3. The minimum atomic E-state index is -0.118. The highest BCUT2D eigenvalue weighted by Crippen LogP contribution is 2.25. The first-order chi connectivity index (χ1) is 7.29. The highest BCUT2D eigenvalue weighted by molar-refractivity contribution is 5.30. The van der Waals surface area contributed by atoms with Crippen LogP contribution < -0.4 is 4.74 Å². The van der Waals surface area contributed by atoms with Gasteiger partial charge in [-0.25, -0.2) is 9.78 Å². The fraction of sp³-hybridized carbons (Fsp3) is 0.333. The van der Waals surface area contributed by atoms with E-state index in [4.69, 9.17) is 14.5 Å². The molecule has 0 radical (unpaired) electrons. The minimum absolute atomic E-state index is 0.0273. The Kier molecular flexibility index (Phi) is 3.04. The van der Waals surface area contributed by atoms with E-state index in [-0.39, 0.29) is 12.2 Å². The van der Waals surface area contributed by atoms with Crippen LogP contribution in [-0.4, -0.2) is 13.2 Å². The first-order valence-electron chi connectivity index (χ1n) is 4.94. The standard InChI is InChI=1S/C12H14O3/c1-9-3-8-12(15-14-9)10-4-6-11(13-2)7-5-10/h3-9,12H,1-2H3/t9-,12-/m1/s1. The fourth-order valence-corrected chi connectivity index (χ4v) is 1.43. The molecule has 0 amide bonds. The van der Waals surface area contributed by atoms with Crippen molar-refractivity contribution in [3.8, 4) is 5.75 Å². The minimum Gasteiger partial charge on any atom is -0.497 e. The SMILES string of the molecule is COc1ccc([C@H]2C=C[C@@H](C)OO2)cc1. The molecule has 1 aliphatic heterocycles. The van der Waals surface area contributed by atoms with Crippen molar-refractivity contribution in [2.24, 2.45) is 0 Å². The van der Waals surface area contributed by atoms with Crippen molar-refractivity contribution in [2.45, 2.75) is 19.1 Å². The Morgan fingerprint density at radius 3 is 2.33 bits per heavy atom. The van der Waals surface area contributed by atoms with Crippen LogP contribution in [-0.2, 0) is 9.78 Å². The normalized spacial score (nSPS) is 25.2. The lowest BCUT2D eigenvalue weighted by Gasteiger charge is -2.20. The second-order valence-electron chi connectivity index (χ2n) is 3.48. The van der Waals surface area contributed by atoms with Gasteiger partial charge in [-0.1, -0.05) is 18.2 Å². The molecule has 0 spiro atoms. The fourth-order valence-electron chi connectivity index (χ4n) is 1.43. The van der Waals surface area contributed by atoms with Crippen LogP contribution in [0.1, 0.15) is 18.6 Å². The Morgan fingerprint density at radius 2 is 1.80 bits per heavy atom. The predicted molar refractivity (Wildman–Crippen MR) is 56.5 cm³/mol. The smallest absolute Gasteiger partial charge is 0.136 e. The number of ether oxygens (including phenoxy) is 1. The van der Waals surface area contributed by atoms with Gasteiger partial charge in [0, 0.05) is 0 Å². The average Bonchev–Trinajstić information content (AvgIpc) is 2.30. The summed E-state index contributed by atoms with van der Waals surface area (Å²) in [6, 6.07) is 7.75.